The molecule has 2 N–H and O–H groups in total. The van der Waals surface area contributed by atoms with E-state index in [9.17, 15) is 9.59 Å². The standard InChI is InChI=1S/C22H24N4O3S/c1-12-9-13(2)23-20-19(12)21(28)26-22(25-20)30-11-18(27)24-14(3)15-6-7-17-16(10-15)5-4-8-29-17/h6-7,9-10,14H,4-5,8,11H2,1-3H3,(H,24,27)(H,23,25,26,28). The average Bonchev–Trinajstić information content (AvgIpc) is 2.71. The van der Waals surface area contributed by atoms with Gasteiger partial charge >= 0.3 is 0 Å². The van der Waals surface area contributed by atoms with E-state index in [1.54, 1.807) is 0 Å². The lowest BCUT2D eigenvalue weighted by atomic mass is 10.00. The lowest BCUT2D eigenvalue weighted by Crippen LogP contribution is -2.28. The van der Waals surface area contributed by atoms with E-state index in [1.165, 1.54) is 17.3 Å². The third-order valence-electron chi connectivity index (χ3n) is 5.13. The maximum absolute atomic E-state index is 12.5. The van der Waals surface area contributed by atoms with Gasteiger partial charge in [-0.05, 0) is 62.4 Å². The number of nitrogens with zero attached hydrogens (tertiary/aromatic N) is 2. The molecule has 8 heteroatoms. The average molecular weight is 425 g/mol. The molecule has 0 aliphatic carbocycles. The first kappa shape index (κ1) is 20.4. The fourth-order valence-corrected chi connectivity index (χ4v) is 4.35. The molecular weight excluding hydrogens is 400 g/mol. The predicted octanol–water partition coefficient (Wildman–Crippen LogP) is 3.23. The van der Waals surface area contributed by atoms with Gasteiger partial charge in [-0.3, -0.25) is 9.59 Å². The van der Waals surface area contributed by atoms with Crippen LogP contribution in [0.5, 0.6) is 5.75 Å². The maximum atomic E-state index is 12.5. The summed E-state index contributed by atoms with van der Waals surface area (Å²) in [6, 6.07) is 7.79. The molecule has 1 aromatic carbocycles. The van der Waals surface area contributed by atoms with Gasteiger partial charge in [0.1, 0.15) is 5.75 Å². The summed E-state index contributed by atoms with van der Waals surface area (Å²) in [7, 11) is 0. The van der Waals surface area contributed by atoms with Gasteiger partial charge in [0.15, 0.2) is 10.8 Å². The summed E-state index contributed by atoms with van der Waals surface area (Å²) in [4.78, 5) is 36.4. The molecule has 1 unspecified atom stereocenters. The van der Waals surface area contributed by atoms with Gasteiger partial charge in [-0.1, -0.05) is 23.9 Å². The zero-order chi connectivity index (χ0) is 21.3. The number of carbonyl (C=O) groups is 1. The first-order chi connectivity index (χ1) is 14.4. The molecule has 0 saturated carbocycles. The molecule has 3 heterocycles. The second-order valence-electron chi connectivity index (χ2n) is 7.55. The third kappa shape index (κ3) is 4.33. The molecule has 1 atom stereocenters. The molecule has 1 amide bonds. The molecule has 30 heavy (non-hydrogen) atoms. The van der Waals surface area contributed by atoms with Crippen molar-refractivity contribution in [1.82, 2.24) is 20.3 Å². The molecule has 3 aromatic rings. The van der Waals surface area contributed by atoms with Gasteiger partial charge < -0.3 is 15.0 Å². The van der Waals surface area contributed by atoms with Crippen molar-refractivity contribution in [2.75, 3.05) is 12.4 Å². The number of rotatable bonds is 5. The number of H-pyrrole nitrogens is 1. The smallest absolute Gasteiger partial charge is 0.261 e. The Morgan fingerprint density at radius 2 is 2.13 bits per heavy atom. The zero-order valence-electron chi connectivity index (χ0n) is 17.2. The monoisotopic (exact) mass is 424 g/mol. The Morgan fingerprint density at radius 1 is 1.30 bits per heavy atom. The number of aromatic nitrogens is 3. The zero-order valence-corrected chi connectivity index (χ0v) is 18.1. The van der Waals surface area contributed by atoms with Crippen molar-refractivity contribution in [3.8, 4) is 5.75 Å². The van der Waals surface area contributed by atoms with E-state index in [-0.39, 0.29) is 23.3 Å². The largest absolute Gasteiger partial charge is 0.493 e. The summed E-state index contributed by atoms with van der Waals surface area (Å²) < 4.78 is 5.65. The van der Waals surface area contributed by atoms with Crippen molar-refractivity contribution < 1.29 is 9.53 Å². The van der Waals surface area contributed by atoms with Crippen molar-refractivity contribution in [3.63, 3.8) is 0 Å². The number of amides is 1. The number of thioether (sulfide) groups is 1. The Morgan fingerprint density at radius 3 is 2.97 bits per heavy atom. The minimum Gasteiger partial charge on any atom is -0.493 e. The first-order valence-electron chi connectivity index (χ1n) is 9.97. The normalized spacial score (nSPS) is 14.1. The predicted molar refractivity (Wildman–Crippen MR) is 117 cm³/mol. The maximum Gasteiger partial charge on any atom is 0.261 e. The van der Waals surface area contributed by atoms with Crippen LogP contribution in [0.3, 0.4) is 0 Å². The van der Waals surface area contributed by atoms with Gasteiger partial charge in [0, 0.05) is 5.69 Å². The highest BCUT2D eigenvalue weighted by atomic mass is 32.2. The number of hydrogen-bond acceptors (Lipinski definition) is 6. The van der Waals surface area contributed by atoms with E-state index in [4.69, 9.17) is 4.74 Å². The Bertz CT molecular complexity index is 1170. The summed E-state index contributed by atoms with van der Waals surface area (Å²) in [5.41, 5.74) is 4.04. The molecule has 0 fully saturated rings. The number of benzene rings is 1. The van der Waals surface area contributed by atoms with Gasteiger partial charge in [0.2, 0.25) is 5.91 Å². The van der Waals surface area contributed by atoms with Crippen LogP contribution in [-0.4, -0.2) is 33.2 Å². The van der Waals surface area contributed by atoms with Gasteiger partial charge in [-0.25, -0.2) is 9.97 Å². The van der Waals surface area contributed by atoms with Gasteiger partial charge in [-0.15, -0.1) is 0 Å². The van der Waals surface area contributed by atoms with E-state index in [0.717, 1.165) is 42.0 Å². The molecule has 1 aliphatic rings. The van der Waals surface area contributed by atoms with Crippen molar-refractivity contribution in [1.29, 1.82) is 0 Å². The van der Waals surface area contributed by atoms with E-state index in [0.29, 0.717) is 16.2 Å². The van der Waals surface area contributed by atoms with Gasteiger partial charge in [-0.2, -0.15) is 0 Å². The Kier molecular flexibility index (Phi) is 5.76. The van der Waals surface area contributed by atoms with Crippen LogP contribution in [0.2, 0.25) is 0 Å². The Hall–Kier alpha value is -2.87. The highest BCUT2D eigenvalue weighted by Gasteiger charge is 2.16. The summed E-state index contributed by atoms with van der Waals surface area (Å²) in [6.45, 7) is 6.45. The van der Waals surface area contributed by atoms with Crippen LogP contribution in [0.1, 0.15) is 41.8 Å². The molecule has 1 aliphatic heterocycles. The van der Waals surface area contributed by atoms with Crippen LogP contribution in [0.4, 0.5) is 0 Å². The number of fused-ring (bicyclic) bond motifs is 2. The summed E-state index contributed by atoms with van der Waals surface area (Å²) in [6.07, 6.45) is 2.01. The quantitative estimate of drug-likeness (QED) is 0.482. The molecule has 7 nitrogen and oxygen atoms in total. The second-order valence-corrected chi connectivity index (χ2v) is 8.51. The molecule has 0 spiro atoms. The molecule has 4 rings (SSSR count). The van der Waals surface area contributed by atoms with Gasteiger partial charge in [0.05, 0.1) is 23.8 Å². The lowest BCUT2D eigenvalue weighted by molar-refractivity contribution is -0.119. The SMILES string of the molecule is Cc1cc(C)c2c(=O)[nH]c(SCC(=O)NC(C)c3ccc4c(c3)CCCO4)nc2n1. The number of hydrogen-bond donors (Lipinski definition) is 2. The molecule has 0 saturated heterocycles. The number of aromatic amines is 1. The topological polar surface area (TPSA) is 97.0 Å². The van der Waals surface area contributed by atoms with E-state index in [2.05, 4.69) is 26.3 Å². The first-order valence-corrected chi connectivity index (χ1v) is 11.0. The minimum atomic E-state index is -0.238. The van der Waals surface area contributed by atoms with Crippen LogP contribution in [0.25, 0.3) is 11.0 Å². The van der Waals surface area contributed by atoms with Crippen molar-refractivity contribution >= 4 is 28.7 Å². The van der Waals surface area contributed by atoms with Gasteiger partial charge in [0.25, 0.3) is 5.56 Å². The Labute approximate surface area is 178 Å². The lowest BCUT2D eigenvalue weighted by Gasteiger charge is -2.20. The fraction of sp³-hybridized carbons (Fsp3) is 0.364. The van der Waals surface area contributed by atoms with Crippen LogP contribution >= 0.6 is 11.8 Å². The van der Waals surface area contributed by atoms with E-state index < -0.39 is 0 Å². The molecule has 0 radical (unpaired) electrons. The molecular formula is C22H24N4O3S. The Balaban J connectivity index is 1.42. The van der Waals surface area contributed by atoms with Crippen LogP contribution in [-0.2, 0) is 11.2 Å². The molecule has 2 aromatic heterocycles. The number of aryl methyl sites for hydroxylation is 3. The summed E-state index contributed by atoms with van der Waals surface area (Å²) >= 11 is 1.19. The minimum absolute atomic E-state index is 0.124. The third-order valence-corrected chi connectivity index (χ3v) is 6.00. The summed E-state index contributed by atoms with van der Waals surface area (Å²) in [5, 5.41) is 3.88. The molecule has 0 bridgehead atoms. The number of pyridine rings is 1. The highest BCUT2D eigenvalue weighted by molar-refractivity contribution is 7.99. The molecule has 156 valence electrons. The van der Waals surface area contributed by atoms with Crippen LogP contribution in [0, 0.1) is 13.8 Å². The van der Waals surface area contributed by atoms with Crippen LogP contribution in [0.15, 0.2) is 34.2 Å². The number of carbonyl (C=O) groups excluding carboxylic acids is 1. The van der Waals surface area contributed by atoms with E-state index >= 15 is 0 Å². The second kappa shape index (κ2) is 8.47. The fourth-order valence-electron chi connectivity index (χ4n) is 3.68. The van der Waals surface area contributed by atoms with Crippen molar-refractivity contribution in [2.24, 2.45) is 0 Å². The van der Waals surface area contributed by atoms with Crippen molar-refractivity contribution in [3.05, 3.63) is 57.0 Å². The number of nitrogens with one attached hydrogen (secondary N) is 2. The number of ether oxygens (including phenoxy) is 1. The summed E-state index contributed by atoms with van der Waals surface area (Å²) in [5.74, 6) is 0.958. The van der Waals surface area contributed by atoms with Crippen LogP contribution < -0.4 is 15.6 Å². The van der Waals surface area contributed by atoms with E-state index in [1.807, 2.05) is 39.0 Å². The van der Waals surface area contributed by atoms with Crippen molar-refractivity contribution in [2.45, 2.75) is 44.8 Å². The highest BCUT2D eigenvalue weighted by Crippen LogP contribution is 2.28.